The second-order valence-corrected chi connectivity index (χ2v) is 3.99. The summed E-state index contributed by atoms with van der Waals surface area (Å²) in [6, 6.07) is 4.79. The molecule has 0 saturated carbocycles. The van der Waals surface area contributed by atoms with E-state index in [0.29, 0.717) is 5.57 Å². The number of hydrogen-bond donors (Lipinski definition) is 2. The van der Waals surface area contributed by atoms with Gasteiger partial charge in [0.05, 0.1) is 0 Å². The molecule has 0 spiro atoms. The highest BCUT2D eigenvalue weighted by molar-refractivity contribution is 6.04. The molecule has 0 bridgehead atoms. The molecular formula is C17H22FNO3. The number of allylic oxidation sites excluding steroid dienone is 3. The summed E-state index contributed by atoms with van der Waals surface area (Å²) in [6.07, 6.45) is 3.09. The smallest absolute Gasteiger partial charge is 0.253 e. The number of carbonyl (C=O) groups excluding carboxylic acids is 2. The van der Waals surface area contributed by atoms with Gasteiger partial charge in [0.25, 0.3) is 5.91 Å². The summed E-state index contributed by atoms with van der Waals surface area (Å²) in [7, 11) is 0. The van der Waals surface area contributed by atoms with Gasteiger partial charge in [0.1, 0.15) is 5.82 Å². The van der Waals surface area contributed by atoms with Crippen molar-refractivity contribution in [2.75, 3.05) is 0 Å². The van der Waals surface area contributed by atoms with Crippen LogP contribution in [0.4, 0.5) is 4.39 Å². The molecule has 2 N–H and O–H groups in total. The number of benzene rings is 1. The molecule has 22 heavy (non-hydrogen) atoms. The number of rotatable bonds is 5. The van der Waals surface area contributed by atoms with E-state index >= 15 is 0 Å². The third kappa shape index (κ3) is 6.01. The first-order valence-electron chi connectivity index (χ1n) is 7.07. The Morgan fingerprint density at radius 1 is 1.18 bits per heavy atom. The fraction of sp³-hybridized carbons (Fsp3) is 0.294. The molecule has 0 aliphatic rings. The van der Waals surface area contributed by atoms with E-state index < -0.39 is 23.7 Å². The van der Waals surface area contributed by atoms with Crippen molar-refractivity contribution in [3.05, 3.63) is 59.4 Å². The average molecular weight is 307 g/mol. The van der Waals surface area contributed by atoms with Crippen LogP contribution < -0.4 is 5.32 Å². The van der Waals surface area contributed by atoms with Crippen molar-refractivity contribution in [3.8, 4) is 0 Å². The van der Waals surface area contributed by atoms with Crippen molar-refractivity contribution < 1.29 is 19.1 Å². The number of hydrogen-bond acceptors (Lipinski definition) is 3. The normalized spacial score (nSPS) is 12.4. The maximum Gasteiger partial charge on any atom is 0.253 e. The predicted octanol–water partition coefficient (Wildman–Crippen LogP) is 2.99. The van der Waals surface area contributed by atoms with Crippen molar-refractivity contribution in [1.82, 2.24) is 5.32 Å². The second-order valence-electron chi connectivity index (χ2n) is 3.99. The zero-order valence-electron chi connectivity index (χ0n) is 13.3. The number of ketones is 1. The lowest BCUT2D eigenvalue weighted by atomic mass is 10.1. The Labute approximate surface area is 130 Å². The Morgan fingerprint density at radius 2 is 1.73 bits per heavy atom. The molecule has 0 aromatic heterocycles. The maximum absolute atomic E-state index is 12.7. The van der Waals surface area contributed by atoms with E-state index in [0.717, 1.165) is 12.1 Å². The minimum atomic E-state index is -1.64. The van der Waals surface area contributed by atoms with Crippen LogP contribution in [0.25, 0.3) is 0 Å². The van der Waals surface area contributed by atoms with Crippen LogP contribution in [0.5, 0.6) is 0 Å². The molecule has 4 nitrogen and oxygen atoms in total. The molecule has 1 unspecified atom stereocenters. The van der Waals surface area contributed by atoms with Gasteiger partial charge in [-0.3, -0.25) is 9.59 Å². The highest BCUT2D eigenvalue weighted by Gasteiger charge is 2.20. The monoisotopic (exact) mass is 307 g/mol. The summed E-state index contributed by atoms with van der Waals surface area (Å²) in [6.45, 7) is 7.39. The average Bonchev–Trinajstić information content (AvgIpc) is 2.54. The van der Waals surface area contributed by atoms with Crippen LogP contribution in [0, 0.1) is 5.82 Å². The summed E-state index contributed by atoms with van der Waals surface area (Å²) in [4.78, 5) is 23.6. The van der Waals surface area contributed by atoms with Crippen LogP contribution in [0.3, 0.4) is 0 Å². The molecule has 0 saturated heterocycles. The largest absolute Gasteiger partial charge is 0.367 e. The minimum Gasteiger partial charge on any atom is -0.367 e. The molecular weight excluding hydrogens is 285 g/mol. The Bertz CT molecular complexity index is 548. The number of aliphatic hydroxyl groups is 1. The third-order valence-electron chi connectivity index (χ3n) is 2.56. The Morgan fingerprint density at radius 3 is 2.18 bits per heavy atom. The number of amides is 1. The van der Waals surface area contributed by atoms with Crippen molar-refractivity contribution in [2.24, 2.45) is 0 Å². The molecule has 120 valence electrons. The predicted molar refractivity (Wildman–Crippen MR) is 84.8 cm³/mol. The van der Waals surface area contributed by atoms with E-state index in [9.17, 15) is 19.1 Å². The first-order valence-corrected chi connectivity index (χ1v) is 7.07. The van der Waals surface area contributed by atoms with E-state index in [4.69, 9.17) is 0 Å². The first-order chi connectivity index (χ1) is 10.5. The van der Waals surface area contributed by atoms with Crippen molar-refractivity contribution in [2.45, 2.75) is 33.9 Å². The number of halogens is 1. The molecule has 1 amide bonds. The minimum absolute atomic E-state index is 0.159. The molecule has 0 heterocycles. The van der Waals surface area contributed by atoms with Gasteiger partial charge in [-0.2, -0.15) is 0 Å². The van der Waals surface area contributed by atoms with Crippen LogP contribution in [-0.4, -0.2) is 23.0 Å². The van der Waals surface area contributed by atoms with Gasteiger partial charge in [-0.1, -0.05) is 32.1 Å². The van der Waals surface area contributed by atoms with Gasteiger partial charge in [0, 0.05) is 11.1 Å². The lowest BCUT2D eigenvalue weighted by molar-refractivity contribution is -0.124. The number of Topliss-reactive ketones (excluding diaryl/α,β-unsaturated/α-hetero) is 1. The summed E-state index contributed by atoms with van der Waals surface area (Å²) < 4.78 is 12.7. The Hall–Kier alpha value is -2.27. The van der Waals surface area contributed by atoms with Crippen LogP contribution in [-0.2, 0) is 4.79 Å². The van der Waals surface area contributed by atoms with Crippen molar-refractivity contribution in [1.29, 1.82) is 0 Å². The fourth-order valence-corrected chi connectivity index (χ4v) is 1.53. The van der Waals surface area contributed by atoms with Gasteiger partial charge in [-0.05, 0) is 38.1 Å². The van der Waals surface area contributed by atoms with Crippen molar-refractivity contribution >= 4 is 11.7 Å². The lowest BCUT2D eigenvalue weighted by Crippen LogP contribution is -2.41. The zero-order valence-corrected chi connectivity index (χ0v) is 13.3. The van der Waals surface area contributed by atoms with Crippen LogP contribution in [0.1, 0.15) is 38.1 Å². The van der Waals surface area contributed by atoms with E-state index in [1.54, 1.807) is 19.9 Å². The van der Waals surface area contributed by atoms with Gasteiger partial charge in [0.15, 0.2) is 6.23 Å². The van der Waals surface area contributed by atoms with Gasteiger partial charge in [0.2, 0.25) is 5.78 Å². The SMILES string of the molecule is C/C=C\C(=C/C)C(=O)C(O)NC(=O)c1ccc(F)cc1.CC. The molecule has 0 fully saturated rings. The van der Waals surface area contributed by atoms with Gasteiger partial charge in [-0.25, -0.2) is 4.39 Å². The Kier molecular flexibility index (Phi) is 9.38. The number of carbonyl (C=O) groups is 2. The van der Waals surface area contributed by atoms with Crippen LogP contribution >= 0.6 is 0 Å². The second kappa shape index (κ2) is 10.5. The van der Waals surface area contributed by atoms with E-state index in [1.807, 2.05) is 13.8 Å². The summed E-state index contributed by atoms with van der Waals surface area (Å²) >= 11 is 0. The molecule has 5 heteroatoms. The summed E-state index contributed by atoms with van der Waals surface area (Å²) in [5, 5.41) is 11.9. The maximum atomic E-state index is 12.7. The molecule has 1 rings (SSSR count). The molecule has 0 aliphatic heterocycles. The lowest BCUT2D eigenvalue weighted by Gasteiger charge is -2.12. The zero-order chi connectivity index (χ0) is 17.1. The summed E-state index contributed by atoms with van der Waals surface area (Å²) in [5.41, 5.74) is 0.450. The van der Waals surface area contributed by atoms with Crippen LogP contribution in [0.15, 0.2) is 48.1 Å². The Balaban J connectivity index is 0.00000211. The van der Waals surface area contributed by atoms with Crippen molar-refractivity contribution in [3.63, 3.8) is 0 Å². The number of nitrogens with one attached hydrogen (secondary N) is 1. The van der Waals surface area contributed by atoms with E-state index in [1.165, 1.54) is 24.3 Å². The topological polar surface area (TPSA) is 66.4 Å². The molecule has 0 radical (unpaired) electrons. The molecule has 1 aromatic rings. The molecule has 1 aromatic carbocycles. The third-order valence-corrected chi connectivity index (χ3v) is 2.56. The quantitative estimate of drug-likeness (QED) is 0.499. The van der Waals surface area contributed by atoms with Gasteiger partial charge in [-0.15, -0.1) is 0 Å². The van der Waals surface area contributed by atoms with Crippen LogP contribution in [0.2, 0.25) is 0 Å². The van der Waals surface area contributed by atoms with Gasteiger partial charge >= 0.3 is 0 Å². The van der Waals surface area contributed by atoms with Gasteiger partial charge < -0.3 is 10.4 Å². The molecule has 1 atom stereocenters. The highest BCUT2D eigenvalue weighted by Crippen LogP contribution is 2.05. The first kappa shape index (κ1) is 19.7. The number of aliphatic hydroxyl groups excluding tert-OH is 1. The standard InChI is InChI=1S/C15H16FNO3.C2H6/c1-3-5-10(4-2)13(18)15(20)17-14(19)11-6-8-12(16)9-7-11;1-2/h3-9,15,20H,1-2H3,(H,17,19);1-2H3/b5-3-,10-4+;. The molecule has 0 aliphatic carbocycles. The van der Waals surface area contributed by atoms with E-state index in [-0.39, 0.29) is 5.56 Å². The fourth-order valence-electron chi connectivity index (χ4n) is 1.53. The summed E-state index contributed by atoms with van der Waals surface area (Å²) in [5.74, 6) is -1.73. The highest BCUT2D eigenvalue weighted by atomic mass is 19.1. The van der Waals surface area contributed by atoms with E-state index in [2.05, 4.69) is 5.32 Å².